The quantitative estimate of drug-likeness (QED) is 0.0228. The van der Waals surface area contributed by atoms with E-state index in [9.17, 15) is 34.5 Å². The number of carbonyl (C=O) groups excluding carboxylic acids is 3. The third-order valence-corrected chi connectivity index (χ3v) is 14.2. The molecule has 0 spiro atoms. The van der Waals surface area contributed by atoms with Crippen molar-refractivity contribution in [3.8, 4) is 0 Å². The maximum Gasteiger partial charge on any atom is 0.335 e. The molecule has 12 nitrogen and oxygen atoms in total. The van der Waals surface area contributed by atoms with Crippen LogP contribution >= 0.6 is 0 Å². The molecule has 6 unspecified atom stereocenters. The van der Waals surface area contributed by atoms with Crippen LogP contribution in [0.1, 0.15) is 290 Å². The van der Waals surface area contributed by atoms with Gasteiger partial charge in [0, 0.05) is 19.3 Å². The number of carbonyl (C=O) groups is 4. The lowest BCUT2D eigenvalue weighted by atomic mass is 9.98. The second kappa shape index (κ2) is 51.7. The SMILES string of the molecule is CCCCC/C=C\C/C=C\CCCCCCCCCCCC(=O)OCC(COC1OC(C(=O)O)C(O)C(O)C1OC(=O)CCCCCCCCC/C=C\CCCCCCCC)OC(=O)CCCCCCCCCCC. The molecular weight excluding hydrogens is 949 g/mol. The summed E-state index contributed by atoms with van der Waals surface area (Å²) >= 11 is 0. The van der Waals surface area contributed by atoms with E-state index in [0.717, 1.165) is 83.5 Å². The van der Waals surface area contributed by atoms with Gasteiger partial charge in [0.15, 0.2) is 24.6 Å². The Labute approximate surface area is 457 Å². The molecule has 1 aliphatic rings. The number of aliphatic hydroxyl groups excluding tert-OH is 2. The van der Waals surface area contributed by atoms with Crippen LogP contribution < -0.4 is 0 Å². The van der Waals surface area contributed by atoms with E-state index in [-0.39, 0.29) is 25.9 Å². The van der Waals surface area contributed by atoms with Crippen molar-refractivity contribution in [1.82, 2.24) is 0 Å². The Morgan fingerprint density at radius 1 is 0.440 bits per heavy atom. The minimum Gasteiger partial charge on any atom is -0.479 e. The standard InChI is InChI=1S/C63H112O12/c1-4-7-10-13-16-19-21-23-25-27-28-30-31-33-35-38-40-43-46-49-55(64)71-52-54(73-56(65)50-47-44-41-37-18-15-12-9-6-3)53-72-63-61(59(68)58(67)60(75-63)62(69)70)74-57(66)51-48-45-42-39-36-34-32-29-26-24-22-20-17-14-11-8-5-2/h16,19,23-26,54,58-61,63,67-68H,4-15,17-18,20-22,27-53H2,1-3H3,(H,69,70)/b19-16-,25-23-,26-24-. The van der Waals surface area contributed by atoms with Crippen molar-refractivity contribution in [2.75, 3.05) is 13.2 Å². The number of aliphatic hydroxyl groups is 2. The van der Waals surface area contributed by atoms with Crippen molar-refractivity contribution < 1.29 is 58.2 Å². The third-order valence-electron chi connectivity index (χ3n) is 14.2. The summed E-state index contributed by atoms with van der Waals surface area (Å²) in [5.41, 5.74) is 0. The van der Waals surface area contributed by atoms with Gasteiger partial charge >= 0.3 is 23.9 Å². The number of rotatable bonds is 53. The number of hydrogen-bond donors (Lipinski definition) is 3. The Hall–Kier alpha value is -3.06. The fraction of sp³-hybridized carbons (Fsp3) is 0.841. The van der Waals surface area contributed by atoms with Gasteiger partial charge in [-0.1, -0.05) is 231 Å². The first-order valence-electron chi connectivity index (χ1n) is 31.0. The van der Waals surface area contributed by atoms with Crippen LogP contribution in [-0.2, 0) is 42.9 Å². The van der Waals surface area contributed by atoms with Gasteiger partial charge in [-0.05, 0) is 77.0 Å². The summed E-state index contributed by atoms with van der Waals surface area (Å²) in [6, 6.07) is 0. The maximum absolute atomic E-state index is 13.1. The van der Waals surface area contributed by atoms with E-state index in [2.05, 4.69) is 57.2 Å². The highest BCUT2D eigenvalue weighted by atomic mass is 16.7. The highest BCUT2D eigenvalue weighted by Crippen LogP contribution is 2.27. The smallest absolute Gasteiger partial charge is 0.335 e. The lowest BCUT2D eigenvalue weighted by molar-refractivity contribution is -0.301. The van der Waals surface area contributed by atoms with Gasteiger partial charge in [-0.3, -0.25) is 14.4 Å². The van der Waals surface area contributed by atoms with E-state index in [1.807, 2.05) is 0 Å². The van der Waals surface area contributed by atoms with Crippen LogP contribution in [0.4, 0.5) is 0 Å². The third kappa shape index (κ3) is 41.7. The molecule has 0 saturated carbocycles. The van der Waals surface area contributed by atoms with Crippen molar-refractivity contribution in [3.63, 3.8) is 0 Å². The predicted molar refractivity (Wildman–Crippen MR) is 303 cm³/mol. The number of esters is 3. The summed E-state index contributed by atoms with van der Waals surface area (Å²) in [6.07, 6.45) is 48.3. The first-order chi connectivity index (χ1) is 36.6. The van der Waals surface area contributed by atoms with Crippen molar-refractivity contribution in [2.24, 2.45) is 0 Å². The van der Waals surface area contributed by atoms with Gasteiger partial charge in [0.25, 0.3) is 0 Å². The van der Waals surface area contributed by atoms with E-state index in [4.69, 9.17) is 23.7 Å². The Bertz CT molecular complexity index is 1450. The number of carboxylic acid groups (broad SMARTS) is 1. The molecule has 6 atom stereocenters. The molecule has 1 heterocycles. The molecule has 75 heavy (non-hydrogen) atoms. The lowest BCUT2D eigenvalue weighted by Crippen LogP contribution is -2.61. The lowest BCUT2D eigenvalue weighted by Gasteiger charge is -2.40. The Morgan fingerprint density at radius 2 is 0.800 bits per heavy atom. The summed E-state index contributed by atoms with van der Waals surface area (Å²) in [5.74, 6) is -3.11. The van der Waals surface area contributed by atoms with Gasteiger partial charge in [-0.15, -0.1) is 0 Å². The zero-order chi connectivity index (χ0) is 54.7. The first-order valence-corrected chi connectivity index (χ1v) is 31.0. The number of unbranched alkanes of at least 4 members (excludes halogenated alkanes) is 33. The molecule has 1 fully saturated rings. The fourth-order valence-corrected chi connectivity index (χ4v) is 9.39. The van der Waals surface area contributed by atoms with Crippen molar-refractivity contribution in [2.45, 2.75) is 327 Å². The average Bonchev–Trinajstić information content (AvgIpc) is 3.39. The molecule has 0 aromatic carbocycles. The minimum atomic E-state index is -1.90. The fourth-order valence-electron chi connectivity index (χ4n) is 9.39. The van der Waals surface area contributed by atoms with Crippen molar-refractivity contribution >= 4 is 23.9 Å². The normalized spacial score (nSPS) is 18.3. The first kappa shape index (κ1) is 70.0. The summed E-state index contributed by atoms with van der Waals surface area (Å²) in [7, 11) is 0. The number of allylic oxidation sites excluding steroid dienone is 6. The highest BCUT2D eigenvalue weighted by Gasteiger charge is 2.50. The second-order valence-corrected chi connectivity index (χ2v) is 21.3. The summed E-state index contributed by atoms with van der Waals surface area (Å²) < 4.78 is 28.4. The zero-order valence-electron chi connectivity index (χ0n) is 48.1. The molecule has 0 aromatic rings. The van der Waals surface area contributed by atoms with Crippen molar-refractivity contribution in [1.29, 1.82) is 0 Å². The maximum atomic E-state index is 13.1. The van der Waals surface area contributed by atoms with E-state index in [0.29, 0.717) is 19.3 Å². The molecular formula is C63H112O12. The summed E-state index contributed by atoms with van der Waals surface area (Å²) in [6.45, 7) is 5.96. The Balaban J connectivity index is 2.60. The van der Waals surface area contributed by atoms with E-state index >= 15 is 0 Å². The van der Waals surface area contributed by atoms with Gasteiger partial charge in [0.1, 0.15) is 18.8 Å². The second-order valence-electron chi connectivity index (χ2n) is 21.3. The molecule has 0 aliphatic carbocycles. The molecule has 0 amide bonds. The number of carboxylic acids is 1. The topological polar surface area (TPSA) is 175 Å². The van der Waals surface area contributed by atoms with Gasteiger partial charge in [0.2, 0.25) is 0 Å². The van der Waals surface area contributed by atoms with Gasteiger partial charge in [-0.25, -0.2) is 4.79 Å². The number of ether oxygens (including phenoxy) is 5. The molecule has 1 aliphatic heterocycles. The van der Waals surface area contributed by atoms with Crippen LogP contribution in [0.5, 0.6) is 0 Å². The Morgan fingerprint density at radius 3 is 1.24 bits per heavy atom. The monoisotopic (exact) mass is 1060 g/mol. The van der Waals surface area contributed by atoms with Gasteiger partial charge in [-0.2, -0.15) is 0 Å². The summed E-state index contributed by atoms with van der Waals surface area (Å²) in [4.78, 5) is 51.1. The van der Waals surface area contributed by atoms with E-state index < -0.39 is 67.3 Å². The highest BCUT2D eigenvalue weighted by molar-refractivity contribution is 5.74. The molecule has 436 valence electrons. The number of aliphatic carboxylic acids is 1. The number of hydrogen-bond acceptors (Lipinski definition) is 11. The molecule has 3 N–H and O–H groups in total. The molecule has 1 saturated heterocycles. The van der Waals surface area contributed by atoms with Crippen LogP contribution in [0, 0.1) is 0 Å². The van der Waals surface area contributed by atoms with Gasteiger partial charge in [0.05, 0.1) is 6.61 Å². The molecule has 0 bridgehead atoms. The van der Waals surface area contributed by atoms with Crippen molar-refractivity contribution in [3.05, 3.63) is 36.5 Å². The minimum absolute atomic E-state index is 0.0586. The van der Waals surface area contributed by atoms with E-state index in [1.165, 1.54) is 148 Å². The average molecular weight is 1060 g/mol. The molecule has 0 aromatic heterocycles. The summed E-state index contributed by atoms with van der Waals surface area (Å²) in [5, 5.41) is 31.5. The van der Waals surface area contributed by atoms with Crippen LogP contribution in [0.2, 0.25) is 0 Å². The largest absolute Gasteiger partial charge is 0.479 e. The van der Waals surface area contributed by atoms with Crippen LogP contribution in [0.25, 0.3) is 0 Å². The zero-order valence-corrected chi connectivity index (χ0v) is 48.1. The Kier molecular flexibility index (Phi) is 48.2. The molecule has 12 heteroatoms. The molecule has 0 radical (unpaired) electrons. The van der Waals surface area contributed by atoms with Crippen LogP contribution in [-0.4, -0.2) is 89.2 Å². The predicted octanol–water partition coefficient (Wildman–Crippen LogP) is 16.0. The molecule has 1 rings (SSSR count). The van der Waals surface area contributed by atoms with E-state index in [1.54, 1.807) is 0 Å². The van der Waals surface area contributed by atoms with Gasteiger partial charge < -0.3 is 39.0 Å². The van der Waals surface area contributed by atoms with Crippen LogP contribution in [0.15, 0.2) is 36.5 Å². The van der Waals surface area contributed by atoms with Crippen LogP contribution in [0.3, 0.4) is 0 Å².